The van der Waals surface area contributed by atoms with Crippen molar-refractivity contribution in [3.63, 3.8) is 0 Å². The van der Waals surface area contributed by atoms with Crippen LogP contribution in [0.5, 0.6) is 0 Å². The normalized spacial score (nSPS) is 13.3. The fraction of sp³-hybridized carbons (Fsp3) is 0.364. The van der Waals surface area contributed by atoms with Crippen LogP contribution in [-0.4, -0.2) is 32.0 Å². The number of benzene rings is 2. The molecule has 0 saturated carbocycles. The van der Waals surface area contributed by atoms with Gasteiger partial charge in [0.1, 0.15) is 0 Å². The lowest BCUT2D eigenvalue weighted by atomic mass is 9.99. The first-order valence-electron chi connectivity index (χ1n) is 9.51. The number of amides is 2. The van der Waals surface area contributed by atoms with E-state index in [4.69, 9.17) is 0 Å². The highest BCUT2D eigenvalue weighted by atomic mass is 16.2. The molecule has 0 atom stereocenters. The number of hydrogen-bond acceptors (Lipinski definition) is 3. The minimum atomic E-state index is -0.129. The molecule has 5 heteroatoms. The molecule has 0 unspecified atom stereocenters. The fourth-order valence-corrected chi connectivity index (χ4v) is 3.57. The SMILES string of the molecule is CCN(CC)c1ccc(NC(=O)c2ccc3c(c2)CCC(=O)N3C)c(C)c1. The highest BCUT2D eigenvalue weighted by Gasteiger charge is 2.22. The molecule has 0 radical (unpaired) electrons. The van der Waals surface area contributed by atoms with Crippen LogP contribution in [0.15, 0.2) is 36.4 Å². The van der Waals surface area contributed by atoms with E-state index in [1.54, 1.807) is 18.0 Å². The van der Waals surface area contributed by atoms with Crippen LogP contribution in [-0.2, 0) is 11.2 Å². The number of nitrogens with zero attached hydrogens (tertiary/aromatic N) is 2. The quantitative estimate of drug-likeness (QED) is 0.871. The summed E-state index contributed by atoms with van der Waals surface area (Å²) >= 11 is 0. The van der Waals surface area contributed by atoms with Crippen molar-refractivity contribution in [3.8, 4) is 0 Å². The predicted octanol–water partition coefficient (Wildman–Crippen LogP) is 4.00. The number of anilines is 3. The second kappa shape index (κ2) is 7.82. The second-order valence-electron chi connectivity index (χ2n) is 6.92. The van der Waals surface area contributed by atoms with Crippen molar-refractivity contribution in [2.45, 2.75) is 33.6 Å². The maximum atomic E-state index is 12.7. The van der Waals surface area contributed by atoms with Crippen LogP contribution in [0.25, 0.3) is 0 Å². The standard InChI is InChI=1S/C22H27N3O2/c1-5-25(6-2)18-9-10-19(15(3)13-18)23-22(27)17-7-11-20-16(14-17)8-12-21(26)24(20)4/h7,9-11,13-14H,5-6,8,12H2,1-4H3,(H,23,27). The molecule has 2 aromatic carbocycles. The summed E-state index contributed by atoms with van der Waals surface area (Å²) in [7, 11) is 1.78. The smallest absolute Gasteiger partial charge is 0.255 e. The van der Waals surface area contributed by atoms with E-state index in [9.17, 15) is 9.59 Å². The summed E-state index contributed by atoms with van der Waals surface area (Å²) in [6.07, 6.45) is 1.16. The number of aryl methyl sites for hydroxylation is 2. The predicted molar refractivity (Wildman–Crippen MR) is 111 cm³/mol. The van der Waals surface area contributed by atoms with Crippen LogP contribution >= 0.6 is 0 Å². The molecule has 1 N–H and O–H groups in total. The van der Waals surface area contributed by atoms with E-state index in [0.717, 1.165) is 41.3 Å². The number of hydrogen-bond donors (Lipinski definition) is 1. The maximum absolute atomic E-state index is 12.7. The van der Waals surface area contributed by atoms with Crippen molar-refractivity contribution in [2.24, 2.45) is 0 Å². The van der Waals surface area contributed by atoms with Gasteiger partial charge in [0.25, 0.3) is 5.91 Å². The summed E-state index contributed by atoms with van der Waals surface area (Å²) in [5.74, 6) is -0.0142. The molecule has 1 aliphatic rings. The Morgan fingerprint density at radius 3 is 2.52 bits per heavy atom. The summed E-state index contributed by atoms with van der Waals surface area (Å²) < 4.78 is 0. The molecule has 0 bridgehead atoms. The zero-order chi connectivity index (χ0) is 19.6. The Bertz CT molecular complexity index is 872. The molecular formula is C22H27N3O2. The zero-order valence-corrected chi connectivity index (χ0v) is 16.5. The molecule has 3 rings (SSSR count). The fourth-order valence-electron chi connectivity index (χ4n) is 3.57. The van der Waals surface area contributed by atoms with Gasteiger partial charge in [-0.15, -0.1) is 0 Å². The molecule has 0 spiro atoms. The summed E-state index contributed by atoms with van der Waals surface area (Å²) in [6, 6.07) is 11.7. The van der Waals surface area contributed by atoms with Crippen molar-refractivity contribution in [2.75, 3.05) is 35.3 Å². The zero-order valence-electron chi connectivity index (χ0n) is 16.5. The second-order valence-corrected chi connectivity index (χ2v) is 6.92. The van der Waals surface area contributed by atoms with E-state index in [2.05, 4.69) is 30.1 Å². The summed E-state index contributed by atoms with van der Waals surface area (Å²) in [4.78, 5) is 28.5. The highest BCUT2D eigenvalue weighted by molar-refractivity contribution is 6.06. The van der Waals surface area contributed by atoms with Gasteiger partial charge < -0.3 is 15.1 Å². The third-order valence-electron chi connectivity index (χ3n) is 5.27. The van der Waals surface area contributed by atoms with E-state index in [1.165, 1.54) is 0 Å². The topological polar surface area (TPSA) is 52.7 Å². The van der Waals surface area contributed by atoms with Crippen LogP contribution in [0.4, 0.5) is 17.1 Å². The van der Waals surface area contributed by atoms with Gasteiger partial charge in [0.2, 0.25) is 5.91 Å². The molecule has 1 heterocycles. The minimum absolute atomic E-state index is 0.114. The molecule has 0 fully saturated rings. The van der Waals surface area contributed by atoms with Gasteiger partial charge in [0, 0.05) is 49.2 Å². The molecule has 2 aromatic rings. The number of nitrogens with one attached hydrogen (secondary N) is 1. The van der Waals surface area contributed by atoms with E-state index < -0.39 is 0 Å². The number of carbonyl (C=O) groups excluding carboxylic acids is 2. The molecule has 0 aliphatic carbocycles. The first kappa shape index (κ1) is 19.0. The Morgan fingerprint density at radius 1 is 1.11 bits per heavy atom. The van der Waals surface area contributed by atoms with E-state index in [-0.39, 0.29) is 11.8 Å². The number of carbonyl (C=O) groups is 2. The van der Waals surface area contributed by atoms with Crippen molar-refractivity contribution in [3.05, 3.63) is 53.1 Å². The Labute approximate surface area is 161 Å². The summed E-state index contributed by atoms with van der Waals surface area (Å²) in [5, 5.41) is 3.02. The van der Waals surface area contributed by atoms with Gasteiger partial charge in [-0.25, -0.2) is 0 Å². The lowest BCUT2D eigenvalue weighted by Crippen LogP contribution is -2.31. The maximum Gasteiger partial charge on any atom is 0.255 e. The van der Waals surface area contributed by atoms with Crippen molar-refractivity contribution in [1.82, 2.24) is 0 Å². The molecule has 142 valence electrons. The van der Waals surface area contributed by atoms with Crippen molar-refractivity contribution >= 4 is 28.9 Å². The minimum Gasteiger partial charge on any atom is -0.372 e. The van der Waals surface area contributed by atoms with Gasteiger partial charge in [0.05, 0.1) is 0 Å². The molecule has 1 aliphatic heterocycles. The molecular weight excluding hydrogens is 338 g/mol. The molecule has 27 heavy (non-hydrogen) atoms. The van der Waals surface area contributed by atoms with Crippen LogP contribution in [0.1, 0.15) is 41.8 Å². The highest BCUT2D eigenvalue weighted by Crippen LogP contribution is 2.28. The lowest BCUT2D eigenvalue weighted by molar-refractivity contribution is -0.118. The molecule has 0 saturated heterocycles. The van der Waals surface area contributed by atoms with Gasteiger partial charge in [-0.1, -0.05) is 0 Å². The van der Waals surface area contributed by atoms with Gasteiger partial charge >= 0.3 is 0 Å². The number of fused-ring (bicyclic) bond motifs is 1. The van der Waals surface area contributed by atoms with Crippen molar-refractivity contribution < 1.29 is 9.59 Å². The lowest BCUT2D eigenvalue weighted by Gasteiger charge is -2.26. The average molecular weight is 365 g/mol. The van der Waals surface area contributed by atoms with Gasteiger partial charge in [-0.2, -0.15) is 0 Å². The van der Waals surface area contributed by atoms with E-state index >= 15 is 0 Å². The Kier molecular flexibility index (Phi) is 5.49. The Hall–Kier alpha value is -2.82. The van der Waals surface area contributed by atoms with Crippen LogP contribution in [0.3, 0.4) is 0 Å². The average Bonchev–Trinajstić information content (AvgIpc) is 2.67. The van der Waals surface area contributed by atoms with Crippen LogP contribution < -0.4 is 15.1 Å². The Morgan fingerprint density at radius 2 is 1.85 bits per heavy atom. The largest absolute Gasteiger partial charge is 0.372 e. The summed E-state index contributed by atoms with van der Waals surface area (Å²) in [6.45, 7) is 8.18. The number of rotatable bonds is 5. The molecule has 0 aromatic heterocycles. The van der Waals surface area contributed by atoms with Gasteiger partial charge in [0.15, 0.2) is 0 Å². The van der Waals surface area contributed by atoms with E-state index in [0.29, 0.717) is 18.4 Å². The van der Waals surface area contributed by atoms with Crippen LogP contribution in [0.2, 0.25) is 0 Å². The third-order valence-corrected chi connectivity index (χ3v) is 5.27. The molecule has 5 nitrogen and oxygen atoms in total. The summed E-state index contributed by atoms with van der Waals surface area (Å²) in [5.41, 5.74) is 5.57. The first-order chi connectivity index (χ1) is 12.9. The first-order valence-corrected chi connectivity index (χ1v) is 9.51. The Balaban J connectivity index is 1.79. The van der Waals surface area contributed by atoms with Crippen LogP contribution in [0, 0.1) is 6.92 Å². The van der Waals surface area contributed by atoms with Crippen molar-refractivity contribution in [1.29, 1.82) is 0 Å². The van der Waals surface area contributed by atoms with Gasteiger partial charge in [-0.3, -0.25) is 9.59 Å². The monoisotopic (exact) mass is 365 g/mol. The van der Waals surface area contributed by atoms with E-state index in [1.807, 2.05) is 31.2 Å². The van der Waals surface area contributed by atoms with Gasteiger partial charge in [-0.05, 0) is 74.7 Å². The molecule has 2 amide bonds. The third kappa shape index (κ3) is 3.82.